The Hall–Kier alpha value is -0.910. The Kier molecular flexibility index (Phi) is 4.60. The number of nitrogens with zero attached hydrogens (tertiary/aromatic N) is 1. The van der Waals surface area contributed by atoms with Crippen LogP contribution < -0.4 is 5.32 Å². The fourth-order valence-corrected chi connectivity index (χ4v) is 4.21. The fourth-order valence-electron chi connectivity index (χ4n) is 2.55. The molecule has 1 aromatic rings. The quantitative estimate of drug-likeness (QED) is 0.915. The summed E-state index contributed by atoms with van der Waals surface area (Å²) in [5.74, 6) is 0. The summed E-state index contributed by atoms with van der Waals surface area (Å²) in [5, 5.41) is 3.28. The molecule has 1 aliphatic rings. The van der Waals surface area contributed by atoms with Crippen LogP contribution in [0, 0.1) is 6.92 Å². The maximum absolute atomic E-state index is 12.7. The summed E-state index contributed by atoms with van der Waals surface area (Å²) in [5.41, 5.74) is 1.07. The summed E-state index contributed by atoms with van der Waals surface area (Å²) in [7, 11) is -3.37. The van der Waals surface area contributed by atoms with Crippen LogP contribution in [0.25, 0.3) is 0 Å². The number of hydrogen-bond donors (Lipinski definition) is 1. The van der Waals surface area contributed by atoms with Crippen LogP contribution in [0.4, 0.5) is 0 Å². The third-order valence-electron chi connectivity index (χ3n) is 3.62. The molecule has 1 N–H and O–H groups in total. The Morgan fingerprint density at radius 3 is 2.53 bits per heavy atom. The van der Waals surface area contributed by atoms with E-state index < -0.39 is 10.0 Å². The van der Waals surface area contributed by atoms with Crippen LogP contribution in [-0.4, -0.2) is 38.4 Å². The summed E-state index contributed by atoms with van der Waals surface area (Å²) in [4.78, 5) is 0.394. The molecule has 1 aliphatic heterocycles. The lowest BCUT2D eigenvalue weighted by Gasteiger charge is -2.33. The van der Waals surface area contributed by atoms with Crippen molar-refractivity contribution in [3.63, 3.8) is 0 Å². The van der Waals surface area contributed by atoms with Crippen molar-refractivity contribution in [3.8, 4) is 0 Å². The lowest BCUT2D eigenvalue weighted by Crippen LogP contribution is -2.48. The summed E-state index contributed by atoms with van der Waals surface area (Å²) >= 11 is 0. The molecule has 1 heterocycles. The molecule has 19 heavy (non-hydrogen) atoms. The van der Waals surface area contributed by atoms with E-state index in [0.717, 1.165) is 31.5 Å². The van der Waals surface area contributed by atoms with Crippen LogP contribution in [0.1, 0.15) is 25.3 Å². The third kappa shape index (κ3) is 3.16. The molecule has 1 saturated heterocycles. The highest BCUT2D eigenvalue weighted by Gasteiger charge is 2.30. The third-order valence-corrected chi connectivity index (χ3v) is 5.66. The first kappa shape index (κ1) is 14.5. The number of rotatable bonds is 4. The van der Waals surface area contributed by atoms with Gasteiger partial charge in [0.05, 0.1) is 4.90 Å². The van der Waals surface area contributed by atoms with Crippen molar-refractivity contribution in [3.05, 3.63) is 29.8 Å². The highest BCUT2D eigenvalue weighted by atomic mass is 32.2. The smallest absolute Gasteiger partial charge is 0.243 e. The summed E-state index contributed by atoms with van der Waals surface area (Å²) < 4.78 is 27.0. The summed E-state index contributed by atoms with van der Waals surface area (Å²) in [6.07, 6.45) is 1.97. The van der Waals surface area contributed by atoms with Crippen LogP contribution >= 0.6 is 0 Å². The van der Waals surface area contributed by atoms with E-state index in [1.54, 1.807) is 16.4 Å². The molecule has 0 aliphatic carbocycles. The Morgan fingerprint density at radius 2 is 2.00 bits per heavy atom. The second kappa shape index (κ2) is 6.03. The van der Waals surface area contributed by atoms with Gasteiger partial charge >= 0.3 is 0 Å². The molecule has 1 atom stereocenters. The van der Waals surface area contributed by atoms with Crippen LogP contribution in [0.5, 0.6) is 0 Å². The van der Waals surface area contributed by atoms with Gasteiger partial charge in [0.25, 0.3) is 0 Å². The highest BCUT2D eigenvalue weighted by molar-refractivity contribution is 7.89. The van der Waals surface area contributed by atoms with Crippen molar-refractivity contribution in [2.45, 2.75) is 37.6 Å². The zero-order valence-electron chi connectivity index (χ0n) is 11.6. The zero-order valence-corrected chi connectivity index (χ0v) is 12.4. The van der Waals surface area contributed by atoms with E-state index in [0.29, 0.717) is 11.4 Å². The van der Waals surface area contributed by atoms with E-state index in [1.807, 2.05) is 26.0 Å². The SMILES string of the molecule is CCN(C1CCCNC1)S(=O)(=O)c1ccc(C)cc1. The minimum atomic E-state index is -3.37. The number of likely N-dealkylation sites (N-methyl/N-ethyl adjacent to an activating group) is 1. The first-order valence-corrected chi connectivity index (χ1v) is 8.29. The average Bonchev–Trinajstić information content (AvgIpc) is 2.41. The number of benzene rings is 1. The lowest BCUT2D eigenvalue weighted by molar-refractivity contribution is 0.274. The van der Waals surface area contributed by atoms with E-state index in [-0.39, 0.29) is 6.04 Å². The van der Waals surface area contributed by atoms with E-state index in [4.69, 9.17) is 0 Å². The van der Waals surface area contributed by atoms with E-state index in [2.05, 4.69) is 5.32 Å². The maximum Gasteiger partial charge on any atom is 0.243 e. The molecule has 2 rings (SSSR count). The highest BCUT2D eigenvalue weighted by Crippen LogP contribution is 2.21. The van der Waals surface area contributed by atoms with Gasteiger partial charge in [-0.2, -0.15) is 4.31 Å². The molecule has 1 aromatic carbocycles. The van der Waals surface area contributed by atoms with E-state index >= 15 is 0 Å². The van der Waals surface area contributed by atoms with Crippen molar-refractivity contribution < 1.29 is 8.42 Å². The summed E-state index contributed by atoms with van der Waals surface area (Å²) in [6.45, 7) is 6.11. The number of nitrogens with one attached hydrogen (secondary N) is 1. The number of hydrogen-bond acceptors (Lipinski definition) is 3. The second-order valence-corrected chi connectivity index (χ2v) is 6.91. The molecule has 5 heteroatoms. The molecule has 4 nitrogen and oxygen atoms in total. The van der Waals surface area contributed by atoms with Gasteiger partial charge < -0.3 is 5.32 Å². The van der Waals surface area contributed by atoms with Crippen LogP contribution in [-0.2, 0) is 10.0 Å². The molecule has 0 bridgehead atoms. The number of sulfonamides is 1. The monoisotopic (exact) mass is 282 g/mol. The van der Waals surface area contributed by atoms with Gasteiger partial charge in [0, 0.05) is 19.1 Å². The Bertz CT molecular complexity index is 505. The predicted octanol–water partition coefficient (Wildman–Crippen LogP) is 1.76. The fraction of sp³-hybridized carbons (Fsp3) is 0.571. The molecule has 0 amide bonds. The van der Waals surface area contributed by atoms with E-state index in [9.17, 15) is 8.42 Å². The van der Waals surface area contributed by atoms with Gasteiger partial charge in [-0.05, 0) is 38.4 Å². The topological polar surface area (TPSA) is 49.4 Å². The van der Waals surface area contributed by atoms with Gasteiger partial charge in [-0.25, -0.2) is 8.42 Å². The van der Waals surface area contributed by atoms with Gasteiger partial charge in [-0.3, -0.25) is 0 Å². The molecular weight excluding hydrogens is 260 g/mol. The first-order valence-electron chi connectivity index (χ1n) is 6.85. The molecular formula is C14H22N2O2S. The number of aryl methyl sites for hydroxylation is 1. The molecule has 1 unspecified atom stereocenters. The van der Waals surface area contributed by atoms with Gasteiger partial charge in [-0.1, -0.05) is 24.6 Å². The normalized spacial score (nSPS) is 20.7. The van der Waals surface area contributed by atoms with Crippen molar-refractivity contribution >= 4 is 10.0 Å². The summed E-state index contributed by atoms with van der Waals surface area (Å²) in [6, 6.07) is 7.16. The first-order chi connectivity index (χ1) is 9.05. The van der Waals surface area contributed by atoms with Crippen molar-refractivity contribution in [2.24, 2.45) is 0 Å². The standard InChI is InChI=1S/C14H22N2O2S/c1-3-16(13-5-4-10-15-11-13)19(17,18)14-8-6-12(2)7-9-14/h6-9,13,15H,3-5,10-11H2,1-2H3. The minimum Gasteiger partial charge on any atom is -0.315 e. The zero-order chi connectivity index (χ0) is 13.9. The molecule has 0 saturated carbocycles. The molecule has 1 fully saturated rings. The molecule has 0 spiro atoms. The molecule has 106 valence electrons. The minimum absolute atomic E-state index is 0.0741. The van der Waals surface area contributed by atoms with Crippen LogP contribution in [0.3, 0.4) is 0 Å². The predicted molar refractivity (Wildman–Crippen MR) is 76.6 cm³/mol. The number of piperidine rings is 1. The van der Waals surface area contributed by atoms with Crippen molar-refractivity contribution in [2.75, 3.05) is 19.6 Å². The lowest BCUT2D eigenvalue weighted by atomic mass is 10.1. The maximum atomic E-state index is 12.7. The van der Waals surface area contributed by atoms with Crippen LogP contribution in [0.15, 0.2) is 29.2 Å². The second-order valence-electron chi connectivity index (χ2n) is 5.02. The average molecular weight is 282 g/mol. The van der Waals surface area contributed by atoms with Crippen molar-refractivity contribution in [1.29, 1.82) is 0 Å². The Balaban J connectivity index is 2.27. The van der Waals surface area contributed by atoms with Gasteiger partial charge in [0.15, 0.2) is 0 Å². The van der Waals surface area contributed by atoms with Crippen molar-refractivity contribution in [1.82, 2.24) is 9.62 Å². The largest absolute Gasteiger partial charge is 0.315 e. The van der Waals surface area contributed by atoms with Gasteiger partial charge in [0.2, 0.25) is 10.0 Å². The van der Waals surface area contributed by atoms with Crippen LogP contribution in [0.2, 0.25) is 0 Å². The van der Waals surface area contributed by atoms with Gasteiger partial charge in [0.1, 0.15) is 0 Å². The molecule has 0 aromatic heterocycles. The Labute approximate surface area is 115 Å². The van der Waals surface area contributed by atoms with Gasteiger partial charge in [-0.15, -0.1) is 0 Å². The molecule has 0 radical (unpaired) electrons. The van der Waals surface area contributed by atoms with E-state index in [1.165, 1.54) is 0 Å². The Morgan fingerprint density at radius 1 is 1.32 bits per heavy atom.